The van der Waals surface area contributed by atoms with Gasteiger partial charge < -0.3 is 0 Å². The third-order valence-electron chi connectivity index (χ3n) is 3.58. The molecule has 1 fully saturated rings. The fourth-order valence-corrected chi connectivity index (χ4v) is 3.69. The largest absolute Gasteiger partial charge is 0.284 e. The van der Waals surface area contributed by atoms with E-state index in [-0.39, 0.29) is 10.9 Å². The third kappa shape index (κ3) is 2.72. The Morgan fingerprint density at radius 1 is 1.25 bits per heavy atom. The van der Waals surface area contributed by atoms with E-state index < -0.39 is 10.0 Å². The molecule has 1 aliphatic rings. The molecule has 1 heterocycles. The first-order valence-corrected chi connectivity index (χ1v) is 8.17. The minimum absolute atomic E-state index is 0.0180. The summed E-state index contributed by atoms with van der Waals surface area (Å²) in [4.78, 5) is 0.174. The van der Waals surface area contributed by atoms with Gasteiger partial charge in [0.1, 0.15) is 4.90 Å². The third-order valence-corrected chi connectivity index (χ3v) is 5.32. The van der Waals surface area contributed by atoms with E-state index in [0.29, 0.717) is 10.9 Å². The number of H-pyrrole nitrogens is 1. The summed E-state index contributed by atoms with van der Waals surface area (Å²) >= 11 is 5.85. The summed E-state index contributed by atoms with van der Waals surface area (Å²) in [5, 5.41) is 6.87. The van der Waals surface area contributed by atoms with Gasteiger partial charge in [-0.2, -0.15) is 5.10 Å². The van der Waals surface area contributed by atoms with Gasteiger partial charge in [0.05, 0.1) is 6.20 Å². The predicted octanol–water partition coefficient (Wildman–Crippen LogP) is 2.29. The summed E-state index contributed by atoms with van der Waals surface area (Å²) in [6.45, 7) is 0. The van der Waals surface area contributed by atoms with Crippen molar-refractivity contribution in [3.05, 3.63) is 47.2 Å². The molecule has 7 heteroatoms. The first-order valence-electron chi connectivity index (χ1n) is 6.31. The van der Waals surface area contributed by atoms with E-state index in [1.54, 1.807) is 0 Å². The Bertz CT molecular complexity index is 677. The highest BCUT2D eigenvalue weighted by Gasteiger charge is 2.33. The van der Waals surface area contributed by atoms with E-state index in [9.17, 15) is 8.42 Å². The van der Waals surface area contributed by atoms with E-state index in [2.05, 4.69) is 14.9 Å². The minimum atomic E-state index is -3.45. The molecule has 1 saturated carbocycles. The number of nitrogens with zero attached hydrogens (tertiary/aromatic N) is 1. The smallest absolute Gasteiger partial charge is 0.243 e. The monoisotopic (exact) mass is 311 g/mol. The van der Waals surface area contributed by atoms with Gasteiger partial charge in [0, 0.05) is 17.3 Å². The second-order valence-electron chi connectivity index (χ2n) is 4.97. The van der Waals surface area contributed by atoms with Crippen LogP contribution in [0.5, 0.6) is 0 Å². The second kappa shape index (κ2) is 5.20. The van der Waals surface area contributed by atoms with Crippen LogP contribution in [0.2, 0.25) is 5.02 Å². The van der Waals surface area contributed by atoms with Gasteiger partial charge in [-0.15, -0.1) is 0 Å². The van der Waals surface area contributed by atoms with E-state index in [1.807, 2.05) is 24.3 Å². The first kappa shape index (κ1) is 13.6. The Labute approximate surface area is 122 Å². The molecular weight excluding hydrogens is 298 g/mol. The molecule has 1 aliphatic carbocycles. The van der Waals surface area contributed by atoms with E-state index in [1.165, 1.54) is 18.0 Å². The van der Waals surface area contributed by atoms with Crippen LogP contribution >= 0.6 is 11.6 Å². The van der Waals surface area contributed by atoms with Gasteiger partial charge in [0.15, 0.2) is 0 Å². The number of nitrogens with one attached hydrogen (secondary N) is 2. The molecular formula is C13H14ClN3O2S. The van der Waals surface area contributed by atoms with Gasteiger partial charge in [-0.3, -0.25) is 5.10 Å². The second-order valence-corrected chi connectivity index (χ2v) is 7.12. The Morgan fingerprint density at radius 3 is 2.55 bits per heavy atom. The number of hydrogen-bond acceptors (Lipinski definition) is 3. The standard InChI is InChI=1S/C13H14ClN3O2S/c14-11-3-1-9(2-4-11)10-5-12(6-10)17-20(18,19)13-7-15-16-8-13/h1-4,7-8,10,12,17H,5-6H2,(H,15,16). The van der Waals surface area contributed by atoms with Gasteiger partial charge in [-0.1, -0.05) is 23.7 Å². The maximum absolute atomic E-state index is 12.0. The number of aromatic amines is 1. The zero-order valence-corrected chi connectivity index (χ0v) is 12.2. The normalized spacial score (nSPS) is 22.4. The Kier molecular flexibility index (Phi) is 3.54. The number of rotatable bonds is 4. The molecule has 0 bridgehead atoms. The van der Waals surface area contributed by atoms with Crippen LogP contribution < -0.4 is 4.72 Å². The van der Waals surface area contributed by atoms with Crippen molar-refractivity contribution in [2.24, 2.45) is 0 Å². The Balaban J connectivity index is 1.60. The molecule has 0 radical (unpaired) electrons. The first-order chi connectivity index (χ1) is 9.54. The highest BCUT2D eigenvalue weighted by molar-refractivity contribution is 7.89. The predicted molar refractivity (Wildman–Crippen MR) is 76.1 cm³/mol. The summed E-state index contributed by atoms with van der Waals surface area (Å²) < 4.78 is 26.7. The highest BCUT2D eigenvalue weighted by atomic mass is 35.5. The summed E-state index contributed by atoms with van der Waals surface area (Å²) in [6, 6.07) is 7.69. The summed E-state index contributed by atoms with van der Waals surface area (Å²) in [5.41, 5.74) is 1.20. The van der Waals surface area contributed by atoms with Gasteiger partial charge >= 0.3 is 0 Å². The lowest BCUT2D eigenvalue weighted by Crippen LogP contribution is -2.43. The van der Waals surface area contributed by atoms with Crippen LogP contribution in [0, 0.1) is 0 Å². The minimum Gasteiger partial charge on any atom is -0.284 e. The van der Waals surface area contributed by atoms with Crippen molar-refractivity contribution >= 4 is 21.6 Å². The van der Waals surface area contributed by atoms with Crippen LogP contribution in [0.15, 0.2) is 41.6 Å². The van der Waals surface area contributed by atoms with Gasteiger partial charge in [0.2, 0.25) is 10.0 Å². The summed E-state index contributed by atoms with van der Waals surface area (Å²) in [6.07, 6.45) is 4.28. The maximum atomic E-state index is 12.0. The molecule has 0 aliphatic heterocycles. The average molecular weight is 312 g/mol. The number of aromatic nitrogens is 2. The number of halogens is 1. The highest BCUT2D eigenvalue weighted by Crippen LogP contribution is 2.37. The maximum Gasteiger partial charge on any atom is 0.243 e. The van der Waals surface area contributed by atoms with Crippen LogP contribution in [-0.4, -0.2) is 24.7 Å². The van der Waals surface area contributed by atoms with Crippen LogP contribution in [0.1, 0.15) is 24.3 Å². The molecule has 2 aromatic rings. The van der Waals surface area contributed by atoms with Crippen LogP contribution in [0.3, 0.4) is 0 Å². The fourth-order valence-electron chi connectivity index (χ4n) is 2.39. The molecule has 0 amide bonds. The van der Waals surface area contributed by atoms with Crippen molar-refractivity contribution < 1.29 is 8.42 Å². The summed E-state index contributed by atoms with van der Waals surface area (Å²) in [7, 11) is -3.45. The van der Waals surface area contributed by atoms with Crippen LogP contribution in [0.25, 0.3) is 0 Å². The lowest BCUT2D eigenvalue weighted by atomic mass is 9.76. The number of hydrogen-bond donors (Lipinski definition) is 2. The van der Waals surface area contributed by atoms with Gasteiger partial charge in [0.25, 0.3) is 0 Å². The zero-order chi connectivity index (χ0) is 14.2. The molecule has 0 unspecified atom stereocenters. The fraction of sp³-hybridized carbons (Fsp3) is 0.308. The van der Waals surface area contributed by atoms with Crippen molar-refractivity contribution in [1.82, 2.24) is 14.9 Å². The number of benzene rings is 1. The average Bonchev–Trinajstić information content (AvgIpc) is 2.89. The van der Waals surface area contributed by atoms with Gasteiger partial charge in [-0.05, 0) is 36.5 Å². The van der Waals surface area contributed by atoms with Crippen LogP contribution in [0.4, 0.5) is 0 Å². The molecule has 2 N–H and O–H groups in total. The quantitative estimate of drug-likeness (QED) is 0.909. The molecule has 106 valence electrons. The molecule has 0 saturated heterocycles. The van der Waals surface area contributed by atoms with Crippen molar-refractivity contribution in [3.63, 3.8) is 0 Å². The SMILES string of the molecule is O=S(=O)(NC1CC(c2ccc(Cl)cc2)C1)c1cn[nH]c1. The molecule has 0 atom stereocenters. The number of sulfonamides is 1. The van der Waals surface area contributed by atoms with E-state index in [4.69, 9.17) is 11.6 Å². The Morgan fingerprint density at radius 2 is 1.95 bits per heavy atom. The lowest BCUT2D eigenvalue weighted by Gasteiger charge is -2.35. The van der Waals surface area contributed by atoms with Crippen molar-refractivity contribution in [1.29, 1.82) is 0 Å². The Hall–Kier alpha value is -1.37. The van der Waals surface area contributed by atoms with E-state index >= 15 is 0 Å². The molecule has 1 aromatic heterocycles. The summed E-state index contributed by atoms with van der Waals surface area (Å²) in [5.74, 6) is 0.393. The zero-order valence-electron chi connectivity index (χ0n) is 10.6. The molecule has 3 rings (SSSR count). The lowest BCUT2D eigenvalue weighted by molar-refractivity contribution is 0.326. The topological polar surface area (TPSA) is 74.8 Å². The molecule has 5 nitrogen and oxygen atoms in total. The molecule has 0 spiro atoms. The van der Waals surface area contributed by atoms with Crippen molar-refractivity contribution in [2.45, 2.75) is 29.7 Å². The van der Waals surface area contributed by atoms with Gasteiger partial charge in [-0.25, -0.2) is 13.1 Å². The van der Waals surface area contributed by atoms with Crippen molar-refractivity contribution in [3.8, 4) is 0 Å². The van der Waals surface area contributed by atoms with Crippen LogP contribution in [-0.2, 0) is 10.0 Å². The molecule has 20 heavy (non-hydrogen) atoms. The van der Waals surface area contributed by atoms with E-state index in [0.717, 1.165) is 12.8 Å². The molecule has 1 aromatic carbocycles. The van der Waals surface area contributed by atoms with Crippen molar-refractivity contribution in [2.75, 3.05) is 0 Å².